The van der Waals surface area contributed by atoms with Gasteiger partial charge in [0.25, 0.3) is 0 Å². The topological polar surface area (TPSA) is 68.3 Å². The highest BCUT2D eigenvalue weighted by Crippen LogP contribution is 2.25. The number of ether oxygens (including phenoxy) is 2. The lowest BCUT2D eigenvalue weighted by molar-refractivity contribution is 0.307. The van der Waals surface area contributed by atoms with Crippen molar-refractivity contribution < 1.29 is 9.47 Å². The molecule has 4 nitrogen and oxygen atoms in total. The predicted molar refractivity (Wildman–Crippen MR) is 82.3 cm³/mol. The van der Waals surface area contributed by atoms with Crippen LogP contribution in [0.3, 0.4) is 0 Å². The van der Waals surface area contributed by atoms with Crippen LogP contribution in [0.5, 0.6) is 11.5 Å². The van der Waals surface area contributed by atoms with Gasteiger partial charge >= 0.3 is 0 Å². The summed E-state index contributed by atoms with van der Waals surface area (Å²) in [5, 5.41) is 9.07. The van der Waals surface area contributed by atoms with Crippen molar-refractivity contribution in [3.05, 3.63) is 53.1 Å². The first-order valence-electron chi connectivity index (χ1n) is 6.76. The van der Waals surface area contributed by atoms with Crippen LogP contribution in [0.1, 0.15) is 23.6 Å². The Hall–Kier alpha value is -2.67. The van der Waals surface area contributed by atoms with Gasteiger partial charge in [0.2, 0.25) is 0 Å². The van der Waals surface area contributed by atoms with Gasteiger partial charge in [0.15, 0.2) is 0 Å². The number of nitrogens with two attached hydrogens (primary N) is 1. The molecule has 0 aliphatic rings. The summed E-state index contributed by atoms with van der Waals surface area (Å²) in [6.07, 6.45) is 0.939. The highest BCUT2D eigenvalue weighted by molar-refractivity contribution is 5.54. The van der Waals surface area contributed by atoms with Gasteiger partial charge in [0.05, 0.1) is 18.4 Å². The van der Waals surface area contributed by atoms with E-state index in [1.807, 2.05) is 24.3 Å². The number of hydrogen-bond acceptors (Lipinski definition) is 4. The highest BCUT2D eigenvalue weighted by atomic mass is 16.5. The fourth-order valence-electron chi connectivity index (χ4n) is 2.04. The van der Waals surface area contributed by atoms with Crippen LogP contribution in [0.2, 0.25) is 0 Å². The van der Waals surface area contributed by atoms with Gasteiger partial charge in [-0.3, -0.25) is 0 Å². The predicted octanol–water partition coefficient (Wildman–Crippen LogP) is 3.29. The van der Waals surface area contributed by atoms with Crippen molar-refractivity contribution in [1.29, 1.82) is 5.26 Å². The number of rotatable bonds is 5. The van der Waals surface area contributed by atoms with E-state index in [4.69, 9.17) is 20.5 Å². The van der Waals surface area contributed by atoms with E-state index in [0.717, 1.165) is 12.0 Å². The largest absolute Gasteiger partial charge is 0.495 e. The number of nitrogen functional groups attached to an aromatic ring is 1. The molecule has 2 rings (SSSR count). The SMILES string of the molecule is CCc1ccc(OCc2ccc(OC)c(C#N)c2)c(N)c1. The molecule has 2 aromatic rings. The van der Waals surface area contributed by atoms with E-state index in [1.54, 1.807) is 19.2 Å². The molecule has 0 atom stereocenters. The zero-order valence-corrected chi connectivity index (χ0v) is 12.2. The second-order valence-electron chi connectivity index (χ2n) is 4.66. The summed E-state index contributed by atoms with van der Waals surface area (Å²) >= 11 is 0. The molecule has 2 aromatic carbocycles. The van der Waals surface area contributed by atoms with Gasteiger partial charge in [-0.1, -0.05) is 19.1 Å². The van der Waals surface area contributed by atoms with Crippen molar-refractivity contribution in [2.45, 2.75) is 20.0 Å². The number of nitriles is 1. The minimum Gasteiger partial charge on any atom is -0.495 e. The van der Waals surface area contributed by atoms with Crippen LogP contribution >= 0.6 is 0 Å². The Morgan fingerprint density at radius 2 is 1.81 bits per heavy atom. The van der Waals surface area contributed by atoms with Gasteiger partial charge in [0, 0.05) is 0 Å². The number of methoxy groups -OCH3 is 1. The highest BCUT2D eigenvalue weighted by Gasteiger charge is 2.06. The molecule has 0 aromatic heterocycles. The Morgan fingerprint density at radius 1 is 1.10 bits per heavy atom. The Bertz CT molecular complexity index is 675. The summed E-state index contributed by atoms with van der Waals surface area (Å²) in [6, 6.07) is 13.3. The third-order valence-corrected chi connectivity index (χ3v) is 3.26. The number of nitrogens with zero attached hydrogens (tertiary/aromatic N) is 1. The molecule has 4 heteroatoms. The first kappa shape index (κ1) is 14.7. The third kappa shape index (κ3) is 3.46. The second kappa shape index (κ2) is 6.67. The zero-order chi connectivity index (χ0) is 15.2. The number of hydrogen-bond donors (Lipinski definition) is 1. The average molecular weight is 282 g/mol. The van der Waals surface area contributed by atoms with Crippen LogP contribution in [0.15, 0.2) is 36.4 Å². The van der Waals surface area contributed by atoms with Crippen molar-refractivity contribution >= 4 is 5.69 Å². The zero-order valence-electron chi connectivity index (χ0n) is 12.2. The van der Waals surface area contributed by atoms with E-state index in [0.29, 0.717) is 29.4 Å². The maximum absolute atomic E-state index is 9.07. The summed E-state index contributed by atoms with van der Waals surface area (Å²) in [5.41, 5.74) is 9.16. The first-order chi connectivity index (χ1) is 10.2. The van der Waals surface area contributed by atoms with E-state index in [1.165, 1.54) is 5.56 Å². The first-order valence-corrected chi connectivity index (χ1v) is 6.76. The van der Waals surface area contributed by atoms with Gasteiger partial charge in [0.1, 0.15) is 24.2 Å². The minimum atomic E-state index is 0.356. The normalized spacial score (nSPS) is 9.95. The molecular weight excluding hydrogens is 264 g/mol. The third-order valence-electron chi connectivity index (χ3n) is 3.26. The lowest BCUT2D eigenvalue weighted by Gasteiger charge is -2.11. The van der Waals surface area contributed by atoms with Crippen molar-refractivity contribution in [3.63, 3.8) is 0 Å². The molecule has 0 aliphatic heterocycles. The molecule has 0 saturated carbocycles. The van der Waals surface area contributed by atoms with Crippen molar-refractivity contribution in [3.8, 4) is 17.6 Å². The number of benzene rings is 2. The monoisotopic (exact) mass is 282 g/mol. The van der Waals surface area contributed by atoms with Crippen LogP contribution in [0.25, 0.3) is 0 Å². The molecule has 21 heavy (non-hydrogen) atoms. The molecule has 0 saturated heterocycles. The van der Waals surface area contributed by atoms with Crippen LogP contribution in [-0.4, -0.2) is 7.11 Å². The van der Waals surface area contributed by atoms with Crippen molar-refractivity contribution in [2.24, 2.45) is 0 Å². The van der Waals surface area contributed by atoms with Crippen LogP contribution in [-0.2, 0) is 13.0 Å². The molecule has 0 radical (unpaired) electrons. The Balaban J connectivity index is 2.11. The van der Waals surface area contributed by atoms with Gasteiger partial charge in [-0.15, -0.1) is 0 Å². The fourth-order valence-corrected chi connectivity index (χ4v) is 2.04. The van der Waals surface area contributed by atoms with Gasteiger partial charge in [-0.2, -0.15) is 5.26 Å². The maximum atomic E-state index is 9.07. The Labute approximate surface area is 124 Å². The molecule has 0 unspecified atom stereocenters. The van der Waals surface area contributed by atoms with E-state index in [9.17, 15) is 0 Å². The smallest absolute Gasteiger partial charge is 0.142 e. The molecule has 0 fully saturated rings. The van der Waals surface area contributed by atoms with Crippen molar-refractivity contribution in [2.75, 3.05) is 12.8 Å². The van der Waals surface area contributed by atoms with Crippen LogP contribution in [0, 0.1) is 11.3 Å². The van der Waals surface area contributed by atoms with Crippen molar-refractivity contribution in [1.82, 2.24) is 0 Å². The molecule has 0 bridgehead atoms. The number of aryl methyl sites for hydroxylation is 1. The second-order valence-corrected chi connectivity index (χ2v) is 4.66. The standard InChI is InChI=1S/C17H18N2O2/c1-3-12-4-7-17(15(19)9-12)21-11-13-5-6-16(20-2)14(8-13)10-18/h4-9H,3,11,19H2,1-2H3. The van der Waals surface area contributed by atoms with Gasteiger partial charge in [-0.25, -0.2) is 0 Å². The molecule has 0 spiro atoms. The van der Waals surface area contributed by atoms with E-state index in [-0.39, 0.29) is 0 Å². The molecular formula is C17H18N2O2. The Morgan fingerprint density at radius 3 is 2.43 bits per heavy atom. The van der Waals surface area contributed by atoms with Crippen LogP contribution in [0.4, 0.5) is 5.69 Å². The van der Waals surface area contributed by atoms with E-state index >= 15 is 0 Å². The summed E-state index contributed by atoms with van der Waals surface area (Å²) in [7, 11) is 1.54. The number of anilines is 1. The summed E-state index contributed by atoms with van der Waals surface area (Å²) in [4.78, 5) is 0. The minimum absolute atomic E-state index is 0.356. The molecule has 0 heterocycles. The van der Waals surface area contributed by atoms with E-state index in [2.05, 4.69) is 13.0 Å². The molecule has 0 aliphatic carbocycles. The summed E-state index contributed by atoms with van der Waals surface area (Å²) in [5.74, 6) is 1.22. The van der Waals surface area contributed by atoms with Crippen LogP contribution < -0.4 is 15.2 Å². The van der Waals surface area contributed by atoms with E-state index < -0.39 is 0 Å². The molecule has 108 valence electrons. The molecule has 0 amide bonds. The quantitative estimate of drug-likeness (QED) is 0.854. The maximum Gasteiger partial charge on any atom is 0.142 e. The van der Waals surface area contributed by atoms with Gasteiger partial charge < -0.3 is 15.2 Å². The van der Waals surface area contributed by atoms with Gasteiger partial charge in [-0.05, 0) is 41.8 Å². The average Bonchev–Trinajstić information content (AvgIpc) is 2.53. The summed E-state index contributed by atoms with van der Waals surface area (Å²) < 4.78 is 10.8. The Kier molecular flexibility index (Phi) is 4.68. The molecule has 2 N–H and O–H groups in total. The fraction of sp³-hybridized carbons (Fsp3) is 0.235. The lowest BCUT2D eigenvalue weighted by Crippen LogP contribution is -2.00. The summed E-state index contributed by atoms with van der Waals surface area (Å²) in [6.45, 7) is 2.43. The lowest BCUT2D eigenvalue weighted by atomic mass is 10.1.